The van der Waals surface area contributed by atoms with Gasteiger partial charge in [0.15, 0.2) is 0 Å². The molecule has 0 fully saturated rings. The molecule has 0 aromatic carbocycles. The van der Waals surface area contributed by atoms with Crippen LogP contribution in [0.4, 0.5) is 0 Å². The molecule has 1 aromatic rings. The molecule has 76 valence electrons. The topological polar surface area (TPSA) is 38.9 Å². The van der Waals surface area contributed by atoms with Gasteiger partial charge in [-0.1, -0.05) is 23.2 Å². The van der Waals surface area contributed by atoms with E-state index in [1.807, 2.05) is 6.92 Å². The van der Waals surface area contributed by atoms with Crippen LogP contribution in [0.1, 0.15) is 18.5 Å². The third-order valence-electron chi connectivity index (χ3n) is 1.35. The summed E-state index contributed by atoms with van der Waals surface area (Å²) < 4.78 is 0. The summed E-state index contributed by atoms with van der Waals surface area (Å²) in [5, 5.41) is 1.04. The molecule has 2 N–H and O–H groups in total. The van der Waals surface area contributed by atoms with Gasteiger partial charge >= 0.3 is 0 Å². The molecule has 0 radical (unpaired) electrons. The first-order chi connectivity index (χ1) is 5.13. The predicted octanol–water partition coefficient (Wildman–Crippen LogP) is 3.25. The van der Waals surface area contributed by atoms with E-state index >= 15 is 0 Å². The van der Waals surface area contributed by atoms with Crippen molar-refractivity contribution < 1.29 is 0 Å². The maximum absolute atomic E-state index is 5.80. The third-order valence-corrected chi connectivity index (χ3v) is 1.95. The summed E-state index contributed by atoms with van der Waals surface area (Å²) in [7, 11) is 0. The van der Waals surface area contributed by atoms with E-state index in [-0.39, 0.29) is 30.9 Å². The monoisotopic (exact) mass is 262 g/mol. The maximum Gasteiger partial charge on any atom is 0.0651 e. The van der Waals surface area contributed by atoms with E-state index in [9.17, 15) is 0 Å². The number of pyridine rings is 1. The Hall–Kier alpha value is 0.270. The average Bonchev–Trinajstić information content (AvgIpc) is 1.85. The lowest BCUT2D eigenvalue weighted by Gasteiger charge is -2.08. The fraction of sp³-hybridized carbons (Fsp3) is 0.286. The summed E-state index contributed by atoms with van der Waals surface area (Å²) in [5.41, 5.74) is 6.37. The number of hydrogen-bond acceptors (Lipinski definition) is 2. The zero-order valence-corrected chi connectivity index (χ0v) is 9.97. The highest BCUT2D eigenvalue weighted by atomic mass is 35.5. The van der Waals surface area contributed by atoms with Crippen molar-refractivity contribution in [2.45, 2.75) is 13.0 Å². The maximum atomic E-state index is 5.80. The van der Waals surface area contributed by atoms with Crippen LogP contribution in [0.25, 0.3) is 0 Å². The fourth-order valence-corrected chi connectivity index (χ4v) is 1.57. The van der Waals surface area contributed by atoms with E-state index in [4.69, 9.17) is 28.9 Å². The summed E-state index contributed by atoms with van der Waals surface area (Å²) in [6.07, 6.45) is 3.07. The van der Waals surface area contributed by atoms with E-state index in [1.165, 1.54) is 12.4 Å². The minimum Gasteiger partial charge on any atom is -0.324 e. The van der Waals surface area contributed by atoms with Crippen molar-refractivity contribution in [2.24, 2.45) is 5.73 Å². The highest BCUT2D eigenvalue weighted by Gasteiger charge is 2.09. The lowest BCUT2D eigenvalue weighted by molar-refractivity contribution is 0.816. The van der Waals surface area contributed by atoms with Gasteiger partial charge in [-0.25, -0.2) is 0 Å². The molecule has 1 atom stereocenters. The normalized spacial score (nSPS) is 11.1. The second kappa shape index (κ2) is 6.68. The molecule has 0 aliphatic rings. The van der Waals surface area contributed by atoms with E-state index in [0.29, 0.717) is 10.0 Å². The first kappa shape index (κ1) is 15.7. The van der Waals surface area contributed by atoms with Crippen LogP contribution in [0.2, 0.25) is 10.0 Å². The number of aromatic nitrogens is 1. The van der Waals surface area contributed by atoms with Crippen LogP contribution in [-0.2, 0) is 0 Å². The van der Waals surface area contributed by atoms with Crippen molar-refractivity contribution in [1.29, 1.82) is 0 Å². The van der Waals surface area contributed by atoms with Gasteiger partial charge in [0.2, 0.25) is 0 Å². The molecule has 1 aromatic heterocycles. The Morgan fingerprint density at radius 1 is 1.23 bits per heavy atom. The Labute approximate surface area is 99.6 Å². The summed E-state index contributed by atoms with van der Waals surface area (Å²) in [4.78, 5) is 3.81. The van der Waals surface area contributed by atoms with Gasteiger partial charge in [-0.3, -0.25) is 4.98 Å². The lowest BCUT2D eigenvalue weighted by Crippen LogP contribution is -2.06. The molecule has 0 unspecified atom stereocenters. The SMILES string of the molecule is C[C@H](N)c1c(Cl)cncc1Cl.Cl.Cl. The highest BCUT2D eigenvalue weighted by molar-refractivity contribution is 6.35. The number of rotatable bonds is 1. The molecule has 1 heterocycles. The Morgan fingerprint density at radius 2 is 1.62 bits per heavy atom. The Balaban J connectivity index is 0. The van der Waals surface area contributed by atoms with E-state index in [1.54, 1.807) is 0 Å². The molecule has 0 spiro atoms. The number of hydrogen-bond donors (Lipinski definition) is 1. The molecular weight excluding hydrogens is 254 g/mol. The number of nitrogens with zero attached hydrogens (tertiary/aromatic N) is 1. The number of nitrogens with two attached hydrogens (primary N) is 1. The van der Waals surface area contributed by atoms with Crippen molar-refractivity contribution in [3.8, 4) is 0 Å². The molecule has 0 amide bonds. The molecule has 6 heteroatoms. The standard InChI is InChI=1S/C7H8Cl2N2.2ClH/c1-4(10)7-5(8)2-11-3-6(7)9;;/h2-4H,10H2,1H3;2*1H/t4-;;/m0../s1. The first-order valence-corrected chi connectivity index (χ1v) is 3.93. The van der Waals surface area contributed by atoms with Crippen LogP contribution >= 0.6 is 48.0 Å². The van der Waals surface area contributed by atoms with Crippen molar-refractivity contribution in [2.75, 3.05) is 0 Å². The molecule has 0 aliphatic heterocycles. The fourth-order valence-electron chi connectivity index (χ4n) is 0.856. The highest BCUT2D eigenvalue weighted by Crippen LogP contribution is 2.27. The molecule has 13 heavy (non-hydrogen) atoms. The molecular formula is C7H10Cl4N2. The molecule has 2 nitrogen and oxygen atoms in total. The molecule has 0 saturated carbocycles. The quantitative estimate of drug-likeness (QED) is 0.845. The van der Waals surface area contributed by atoms with Crippen molar-refractivity contribution in [1.82, 2.24) is 4.98 Å². The van der Waals surface area contributed by atoms with Crippen LogP contribution < -0.4 is 5.73 Å². The average molecular weight is 264 g/mol. The van der Waals surface area contributed by atoms with Gasteiger partial charge in [-0.2, -0.15) is 0 Å². The van der Waals surface area contributed by atoms with Gasteiger partial charge in [0.05, 0.1) is 10.0 Å². The summed E-state index contributed by atoms with van der Waals surface area (Å²) in [6, 6.07) is -0.155. The van der Waals surface area contributed by atoms with Crippen LogP contribution in [0.15, 0.2) is 12.4 Å². The van der Waals surface area contributed by atoms with Crippen LogP contribution in [-0.4, -0.2) is 4.98 Å². The summed E-state index contributed by atoms with van der Waals surface area (Å²) in [5.74, 6) is 0. The first-order valence-electron chi connectivity index (χ1n) is 3.17. The van der Waals surface area contributed by atoms with Gasteiger partial charge < -0.3 is 5.73 Å². The summed E-state index contributed by atoms with van der Waals surface area (Å²) in [6.45, 7) is 1.83. The predicted molar refractivity (Wildman–Crippen MR) is 61.4 cm³/mol. The molecule has 0 bridgehead atoms. The second-order valence-electron chi connectivity index (χ2n) is 2.31. The Morgan fingerprint density at radius 3 is 1.85 bits per heavy atom. The van der Waals surface area contributed by atoms with E-state index < -0.39 is 0 Å². The van der Waals surface area contributed by atoms with Crippen LogP contribution in [0.3, 0.4) is 0 Å². The van der Waals surface area contributed by atoms with Crippen molar-refractivity contribution >= 4 is 48.0 Å². The minimum absolute atomic E-state index is 0. The summed E-state index contributed by atoms with van der Waals surface area (Å²) >= 11 is 11.6. The van der Waals surface area contributed by atoms with Crippen LogP contribution in [0, 0.1) is 0 Å². The smallest absolute Gasteiger partial charge is 0.0651 e. The zero-order valence-electron chi connectivity index (χ0n) is 6.83. The van der Waals surface area contributed by atoms with Gasteiger partial charge in [-0.05, 0) is 6.92 Å². The Kier molecular flexibility index (Phi) is 8.09. The van der Waals surface area contributed by atoms with Gasteiger partial charge in [0, 0.05) is 24.0 Å². The van der Waals surface area contributed by atoms with Gasteiger partial charge in [0.25, 0.3) is 0 Å². The second-order valence-corrected chi connectivity index (χ2v) is 3.12. The third kappa shape index (κ3) is 3.88. The Bertz CT molecular complexity index is 244. The minimum atomic E-state index is -0.155. The van der Waals surface area contributed by atoms with E-state index in [0.717, 1.165) is 5.56 Å². The largest absolute Gasteiger partial charge is 0.324 e. The molecule has 0 aliphatic carbocycles. The molecule has 1 rings (SSSR count). The van der Waals surface area contributed by atoms with Gasteiger partial charge in [0.1, 0.15) is 0 Å². The number of halogens is 4. The van der Waals surface area contributed by atoms with Crippen LogP contribution in [0.5, 0.6) is 0 Å². The zero-order chi connectivity index (χ0) is 8.43. The molecule has 0 saturated heterocycles. The lowest BCUT2D eigenvalue weighted by atomic mass is 10.1. The van der Waals surface area contributed by atoms with Crippen molar-refractivity contribution in [3.05, 3.63) is 28.0 Å². The van der Waals surface area contributed by atoms with E-state index in [2.05, 4.69) is 4.98 Å². The van der Waals surface area contributed by atoms with Crippen molar-refractivity contribution in [3.63, 3.8) is 0 Å². The van der Waals surface area contributed by atoms with Gasteiger partial charge in [-0.15, -0.1) is 24.8 Å².